The molecule has 3 aromatic rings. The van der Waals surface area contributed by atoms with E-state index in [9.17, 15) is 13.8 Å². The highest BCUT2D eigenvalue weighted by atomic mass is 32.1. The van der Waals surface area contributed by atoms with Crippen LogP contribution in [0.15, 0.2) is 66.0 Å². The van der Waals surface area contributed by atoms with Gasteiger partial charge in [0.05, 0.1) is 12.6 Å². The molecule has 3 rings (SSSR count). The molecule has 1 aromatic heterocycles. The van der Waals surface area contributed by atoms with Crippen LogP contribution in [0, 0.1) is 5.82 Å². The monoisotopic (exact) mass is 435 g/mol. The van der Waals surface area contributed by atoms with Crippen molar-refractivity contribution >= 4 is 25.1 Å². The molecule has 9 heteroatoms. The standard InChI is InChI=1S/C20H19FNO5PS/c21-15-6-3-5-14(11-15)12-16(13-27-28(24,25)26)22-20(23)18-8-2-1-7-17(18)19-9-4-10-29-19/h1-11,16H,12-13H2,(H,22,23)(H2,24,25,26)/t16-/m1/s1. The number of hydrogen-bond donors (Lipinski definition) is 3. The molecule has 0 saturated carbocycles. The van der Waals surface area contributed by atoms with E-state index in [1.807, 2.05) is 29.6 Å². The van der Waals surface area contributed by atoms with Crippen molar-refractivity contribution in [2.45, 2.75) is 12.5 Å². The molecule has 6 nitrogen and oxygen atoms in total. The van der Waals surface area contributed by atoms with Crippen molar-refractivity contribution in [2.24, 2.45) is 0 Å². The van der Waals surface area contributed by atoms with E-state index in [1.54, 1.807) is 18.2 Å². The number of nitrogens with one attached hydrogen (secondary N) is 1. The van der Waals surface area contributed by atoms with Gasteiger partial charge >= 0.3 is 7.82 Å². The summed E-state index contributed by atoms with van der Waals surface area (Å²) in [5.41, 5.74) is 1.74. The van der Waals surface area contributed by atoms with E-state index in [0.717, 1.165) is 10.4 Å². The van der Waals surface area contributed by atoms with Crippen LogP contribution in [0.5, 0.6) is 0 Å². The Morgan fingerprint density at radius 3 is 2.62 bits per heavy atom. The van der Waals surface area contributed by atoms with Gasteiger partial charge in [0.25, 0.3) is 5.91 Å². The van der Waals surface area contributed by atoms with Crippen LogP contribution in [0.4, 0.5) is 4.39 Å². The predicted molar refractivity (Wildman–Crippen MR) is 109 cm³/mol. The van der Waals surface area contributed by atoms with Crippen LogP contribution in [0.3, 0.4) is 0 Å². The number of rotatable bonds is 8. The summed E-state index contributed by atoms with van der Waals surface area (Å²) < 4.78 is 29.2. The van der Waals surface area contributed by atoms with Crippen LogP contribution >= 0.6 is 19.2 Å². The van der Waals surface area contributed by atoms with Crippen LogP contribution in [0.1, 0.15) is 15.9 Å². The van der Waals surface area contributed by atoms with E-state index < -0.39 is 32.2 Å². The van der Waals surface area contributed by atoms with Crippen LogP contribution in [-0.2, 0) is 15.5 Å². The number of benzene rings is 2. The fourth-order valence-corrected chi connectivity index (χ4v) is 4.02. The molecule has 1 atom stereocenters. The molecule has 2 aromatic carbocycles. The van der Waals surface area contributed by atoms with Gasteiger partial charge in [0.1, 0.15) is 5.82 Å². The quantitative estimate of drug-likeness (QED) is 0.465. The highest BCUT2D eigenvalue weighted by Gasteiger charge is 2.22. The highest BCUT2D eigenvalue weighted by molar-refractivity contribution is 7.46. The molecular weight excluding hydrogens is 416 g/mol. The highest BCUT2D eigenvalue weighted by Crippen LogP contribution is 2.36. The maximum Gasteiger partial charge on any atom is 0.469 e. The van der Waals surface area contributed by atoms with Gasteiger partial charge in [-0.05, 0) is 41.6 Å². The molecule has 0 aliphatic rings. The molecule has 0 unspecified atom stereocenters. The SMILES string of the molecule is O=C(N[C@@H](COP(=O)(O)O)Cc1cccc(F)c1)c1ccccc1-c1cccs1. The van der Waals surface area contributed by atoms with Crippen molar-refractivity contribution in [1.29, 1.82) is 0 Å². The van der Waals surface area contributed by atoms with Gasteiger partial charge in [-0.3, -0.25) is 9.32 Å². The van der Waals surface area contributed by atoms with Gasteiger partial charge in [-0.15, -0.1) is 11.3 Å². The van der Waals surface area contributed by atoms with E-state index in [0.29, 0.717) is 11.1 Å². The molecule has 0 saturated heterocycles. The summed E-state index contributed by atoms with van der Waals surface area (Å²) in [6.07, 6.45) is 0.144. The van der Waals surface area contributed by atoms with E-state index in [2.05, 4.69) is 9.84 Å². The average Bonchev–Trinajstić information content (AvgIpc) is 3.20. The minimum atomic E-state index is -4.72. The Balaban J connectivity index is 1.81. The molecule has 3 N–H and O–H groups in total. The van der Waals surface area contributed by atoms with Crippen molar-refractivity contribution in [3.63, 3.8) is 0 Å². The molecule has 1 amide bonds. The minimum absolute atomic E-state index is 0.144. The lowest BCUT2D eigenvalue weighted by Gasteiger charge is -2.20. The van der Waals surface area contributed by atoms with Gasteiger partial charge in [0.2, 0.25) is 0 Å². The second-order valence-electron chi connectivity index (χ2n) is 6.31. The Morgan fingerprint density at radius 1 is 1.14 bits per heavy atom. The summed E-state index contributed by atoms with van der Waals surface area (Å²) in [7, 11) is -4.72. The Labute approximate surface area is 171 Å². The molecule has 1 heterocycles. The predicted octanol–water partition coefficient (Wildman–Crippen LogP) is 4.00. The summed E-state index contributed by atoms with van der Waals surface area (Å²) in [6.45, 7) is -0.423. The fraction of sp³-hybridized carbons (Fsp3) is 0.150. The summed E-state index contributed by atoms with van der Waals surface area (Å²) in [4.78, 5) is 31.9. The second-order valence-corrected chi connectivity index (χ2v) is 8.50. The Morgan fingerprint density at radius 2 is 1.93 bits per heavy atom. The topological polar surface area (TPSA) is 95.9 Å². The van der Waals surface area contributed by atoms with E-state index in [4.69, 9.17) is 9.79 Å². The largest absolute Gasteiger partial charge is 0.469 e. The van der Waals surface area contributed by atoms with Crippen LogP contribution in [-0.4, -0.2) is 28.3 Å². The summed E-state index contributed by atoms with van der Waals surface area (Å²) in [5.74, 6) is -0.851. The van der Waals surface area contributed by atoms with E-state index >= 15 is 0 Å². The van der Waals surface area contributed by atoms with Gasteiger partial charge in [0, 0.05) is 16.0 Å². The smallest absolute Gasteiger partial charge is 0.347 e. The van der Waals surface area contributed by atoms with Gasteiger partial charge in [0.15, 0.2) is 0 Å². The first kappa shape index (κ1) is 21.4. The molecular formula is C20H19FNO5PS. The number of thiophene rings is 1. The third-order valence-electron chi connectivity index (χ3n) is 4.11. The molecule has 0 bridgehead atoms. The lowest BCUT2D eigenvalue weighted by molar-refractivity contribution is 0.0910. The van der Waals surface area contributed by atoms with Gasteiger partial charge in [-0.1, -0.05) is 36.4 Å². The average molecular weight is 435 g/mol. The molecule has 0 fully saturated rings. The third kappa shape index (κ3) is 6.32. The van der Waals surface area contributed by atoms with E-state index in [-0.39, 0.29) is 6.42 Å². The summed E-state index contributed by atoms with van der Waals surface area (Å²) >= 11 is 1.49. The Kier molecular flexibility index (Phi) is 6.95. The lowest BCUT2D eigenvalue weighted by atomic mass is 10.0. The normalized spacial score (nSPS) is 12.5. The number of carbonyl (C=O) groups is 1. The zero-order chi connectivity index (χ0) is 20.9. The van der Waals surface area contributed by atoms with Crippen LogP contribution in [0.2, 0.25) is 0 Å². The first-order valence-corrected chi connectivity index (χ1v) is 11.1. The van der Waals surface area contributed by atoms with Crippen molar-refractivity contribution < 1.29 is 28.1 Å². The second kappa shape index (κ2) is 9.43. The first-order valence-electron chi connectivity index (χ1n) is 8.70. The van der Waals surface area contributed by atoms with Gasteiger partial charge in [-0.2, -0.15) is 0 Å². The summed E-state index contributed by atoms with van der Waals surface area (Å²) in [5, 5.41) is 4.66. The lowest BCUT2D eigenvalue weighted by Crippen LogP contribution is -2.39. The molecule has 152 valence electrons. The number of hydrogen-bond acceptors (Lipinski definition) is 4. The number of amides is 1. The summed E-state index contributed by atoms with van der Waals surface area (Å²) in [6, 6.07) is 15.9. The van der Waals surface area contributed by atoms with Crippen LogP contribution in [0.25, 0.3) is 10.4 Å². The minimum Gasteiger partial charge on any atom is -0.347 e. The Bertz CT molecular complexity index is 1020. The number of halogens is 1. The molecule has 0 radical (unpaired) electrons. The van der Waals surface area contributed by atoms with Crippen molar-refractivity contribution in [3.8, 4) is 10.4 Å². The fourth-order valence-electron chi connectivity index (χ4n) is 2.88. The molecule has 0 aliphatic heterocycles. The third-order valence-corrected chi connectivity index (χ3v) is 5.50. The molecule has 29 heavy (non-hydrogen) atoms. The van der Waals surface area contributed by atoms with Gasteiger partial charge in [-0.25, -0.2) is 8.96 Å². The number of phosphoric acid groups is 1. The zero-order valence-electron chi connectivity index (χ0n) is 15.2. The van der Waals surface area contributed by atoms with E-state index in [1.165, 1.54) is 29.5 Å². The molecule has 0 spiro atoms. The zero-order valence-corrected chi connectivity index (χ0v) is 16.9. The van der Waals surface area contributed by atoms with Gasteiger partial charge < -0.3 is 15.1 Å². The maximum absolute atomic E-state index is 13.5. The molecule has 0 aliphatic carbocycles. The maximum atomic E-state index is 13.5. The Hall–Kier alpha value is -2.35. The van der Waals surface area contributed by atoms with Crippen LogP contribution < -0.4 is 5.32 Å². The number of phosphoric ester groups is 1. The first-order chi connectivity index (χ1) is 13.8. The van der Waals surface area contributed by atoms with Crippen molar-refractivity contribution in [1.82, 2.24) is 5.32 Å². The number of carbonyl (C=O) groups excluding carboxylic acids is 1. The van der Waals surface area contributed by atoms with Crippen molar-refractivity contribution in [3.05, 3.63) is 83.0 Å². The van der Waals surface area contributed by atoms with Crippen molar-refractivity contribution in [2.75, 3.05) is 6.61 Å².